The van der Waals surface area contributed by atoms with Crippen LogP contribution in [-0.4, -0.2) is 30.2 Å². The Labute approximate surface area is 143 Å². The average Bonchev–Trinajstić information content (AvgIpc) is 3.01. The molecule has 3 atom stereocenters. The molecule has 1 amide bonds. The van der Waals surface area contributed by atoms with Gasteiger partial charge in [0.05, 0.1) is 12.1 Å². The van der Waals surface area contributed by atoms with E-state index in [-0.39, 0.29) is 24.2 Å². The van der Waals surface area contributed by atoms with Gasteiger partial charge in [-0.15, -0.1) is 0 Å². The van der Waals surface area contributed by atoms with Crippen molar-refractivity contribution in [3.05, 3.63) is 71.8 Å². The molecular weight excluding hydrogens is 300 g/mol. The summed E-state index contributed by atoms with van der Waals surface area (Å²) in [6, 6.07) is 20.7. The quantitative estimate of drug-likeness (QED) is 0.875. The Morgan fingerprint density at radius 1 is 1.04 bits per heavy atom. The lowest BCUT2D eigenvalue weighted by Gasteiger charge is -2.29. The molecule has 3 rings (SSSR count). The summed E-state index contributed by atoms with van der Waals surface area (Å²) in [5.74, 6) is 0. The van der Waals surface area contributed by atoms with Crippen LogP contribution >= 0.6 is 0 Å². The van der Waals surface area contributed by atoms with Gasteiger partial charge in [0, 0.05) is 12.6 Å². The van der Waals surface area contributed by atoms with Gasteiger partial charge in [-0.2, -0.15) is 0 Å². The molecule has 1 N–H and O–H groups in total. The number of rotatable bonds is 6. The van der Waals surface area contributed by atoms with Crippen molar-refractivity contribution in [2.75, 3.05) is 13.2 Å². The molecule has 4 nitrogen and oxygen atoms in total. The maximum Gasteiger partial charge on any atom is 0.410 e. The van der Waals surface area contributed by atoms with Gasteiger partial charge in [-0.1, -0.05) is 60.7 Å². The summed E-state index contributed by atoms with van der Waals surface area (Å²) in [6.07, 6.45) is -0.231. The van der Waals surface area contributed by atoms with Crippen molar-refractivity contribution >= 4 is 6.09 Å². The molecule has 1 heterocycles. The highest BCUT2D eigenvalue weighted by molar-refractivity contribution is 5.70. The molecule has 0 bridgehead atoms. The van der Waals surface area contributed by atoms with Gasteiger partial charge in [-0.05, 0) is 25.0 Å². The molecule has 1 aliphatic heterocycles. The van der Waals surface area contributed by atoms with Gasteiger partial charge >= 0.3 is 6.09 Å². The number of amides is 1. The van der Waals surface area contributed by atoms with E-state index in [9.17, 15) is 4.79 Å². The predicted molar refractivity (Wildman–Crippen MR) is 94.7 cm³/mol. The summed E-state index contributed by atoms with van der Waals surface area (Å²) >= 11 is 0. The molecular formula is C20H24N2O2. The van der Waals surface area contributed by atoms with E-state index in [2.05, 4.69) is 31.3 Å². The zero-order chi connectivity index (χ0) is 16.9. The first-order valence-corrected chi connectivity index (χ1v) is 8.45. The topological polar surface area (TPSA) is 41.6 Å². The molecule has 1 saturated heterocycles. The Hall–Kier alpha value is -2.33. The van der Waals surface area contributed by atoms with Crippen LogP contribution in [0.3, 0.4) is 0 Å². The number of carbonyl (C=O) groups excluding carboxylic acids is 1. The van der Waals surface area contributed by atoms with Crippen LogP contribution in [0, 0.1) is 0 Å². The van der Waals surface area contributed by atoms with E-state index < -0.39 is 0 Å². The van der Waals surface area contributed by atoms with E-state index in [1.54, 1.807) is 0 Å². The fourth-order valence-electron chi connectivity index (χ4n) is 3.17. The van der Waals surface area contributed by atoms with E-state index in [0.29, 0.717) is 13.2 Å². The maximum absolute atomic E-state index is 12.2. The summed E-state index contributed by atoms with van der Waals surface area (Å²) < 4.78 is 5.31. The molecule has 1 aliphatic rings. The van der Waals surface area contributed by atoms with Gasteiger partial charge in [-0.25, -0.2) is 4.79 Å². The van der Waals surface area contributed by atoms with E-state index >= 15 is 0 Å². The first-order chi connectivity index (χ1) is 11.7. The van der Waals surface area contributed by atoms with Crippen LogP contribution in [0.2, 0.25) is 0 Å². The zero-order valence-electron chi connectivity index (χ0n) is 14.2. The van der Waals surface area contributed by atoms with Crippen molar-refractivity contribution in [2.45, 2.75) is 32.0 Å². The summed E-state index contributed by atoms with van der Waals surface area (Å²) in [4.78, 5) is 14.0. The highest BCUT2D eigenvalue weighted by Crippen LogP contribution is 2.27. The number of hydrogen-bond acceptors (Lipinski definition) is 3. The molecule has 1 fully saturated rings. The molecule has 2 aromatic carbocycles. The highest BCUT2D eigenvalue weighted by atomic mass is 16.6. The van der Waals surface area contributed by atoms with Gasteiger partial charge in [0.1, 0.15) is 6.61 Å². The Morgan fingerprint density at radius 2 is 1.62 bits per heavy atom. The van der Waals surface area contributed by atoms with Crippen LogP contribution < -0.4 is 5.32 Å². The summed E-state index contributed by atoms with van der Waals surface area (Å²) in [5, 5.41) is 3.52. The molecule has 0 spiro atoms. The number of ether oxygens (including phenoxy) is 1. The van der Waals surface area contributed by atoms with Crippen molar-refractivity contribution in [1.82, 2.24) is 10.2 Å². The van der Waals surface area contributed by atoms with Crippen molar-refractivity contribution in [1.29, 1.82) is 0 Å². The van der Waals surface area contributed by atoms with Crippen LogP contribution in [0.1, 0.15) is 37.1 Å². The number of benzene rings is 2. The van der Waals surface area contributed by atoms with Gasteiger partial charge in [-0.3, -0.25) is 4.90 Å². The largest absolute Gasteiger partial charge is 0.447 e. The smallest absolute Gasteiger partial charge is 0.410 e. The Bertz CT molecular complexity index is 660. The molecule has 126 valence electrons. The van der Waals surface area contributed by atoms with Gasteiger partial charge in [0.25, 0.3) is 0 Å². The second-order valence-corrected chi connectivity index (χ2v) is 6.27. The third kappa shape index (κ3) is 3.60. The summed E-state index contributed by atoms with van der Waals surface area (Å²) in [7, 11) is 0. The number of carbonyl (C=O) groups is 1. The maximum atomic E-state index is 12.2. The van der Waals surface area contributed by atoms with Crippen LogP contribution in [0.25, 0.3) is 0 Å². The number of nitrogens with one attached hydrogen (secondary N) is 1. The first kappa shape index (κ1) is 16.5. The molecule has 24 heavy (non-hydrogen) atoms. The van der Waals surface area contributed by atoms with E-state index in [1.807, 2.05) is 53.4 Å². The van der Waals surface area contributed by atoms with E-state index in [1.165, 1.54) is 5.56 Å². The van der Waals surface area contributed by atoms with E-state index in [0.717, 1.165) is 5.56 Å². The Morgan fingerprint density at radius 3 is 2.25 bits per heavy atom. The van der Waals surface area contributed by atoms with Gasteiger partial charge < -0.3 is 10.1 Å². The lowest BCUT2D eigenvalue weighted by molar-refractivity contribution is 0.146. The number of hydrogen-bond donors (Lipinski definition) is 1. The minimum Gasteiger partial charge on any atom is -0.447 e. The predicted octanol–water partition coefficient (Wildman–Crippen LogP) is 3.92. The molecule has 0 aromatic heterocycles. The van der Waals surface area contributed by atoms with Crippen molar-refractivity contribution in [3.8, 4) is 0 Å². The standard InChI is InChI=1S/C20H24N2O2/c1-15(17-9-5-3-6-10-17)21-13-19-14-24-20(23)22(19)16(2)18-11-7-4-8-12-18/h3-12,15-16,19,21H,13-14H2,1-2H3/t15-,16-,19?/m0/s1. The molecule has 4 heteroatoms. The fourth-order valence-corrected chi connectivity index (χ4v) is 3.17. The van der Waals surface area contributed by atoms with Crippen molar-refractivity contribution in [2.24, 2.45) is 0 Å². The SMILES string of the molecule is C[C@H](NCC1COC(=O)N1[C@@H](C)c1ccccc1)c1ccccc1. The summed E-state index contributed by atoms with van der Waals surface area (Å²) in [6.45, 7) is 5.33. The summed E-state index contributed by atoms with van der Waals surface area (Å²) in [5.41, 5.74) is 2.36. The monoisotopic (exact) mass is 324 g/mol. The molecule has 0 aliphatic carbocycles. The second-order valence-electron chi connectivity index (χ2n) is 6.27. The average molecular weight is 324 g/mol. The minimum atomic E-state index is -0.231. The van der Waals surface area contributed by atoms with Crippen LogP contribution in [-0.2, 0) is 4.74 Å². The molecule has 0 saturated carbocycles. The second kappa shape index (κ2) is 7.49. The lowest BCUT2D eigenvalue weighted by Crippen LogP contribution is -2.42. The first-order valence-electron chi connectivity index (χ1n) is 8.45. The Balaban J connectivity index is 1.65. The highest BCUT2D eigenvalue weighted by Gasteiger charge is 2.36. The molecule has 1 unspecified atom stereocenters. The van der Waals surface area contributed by atoms with Gasteiger partial charge in [0.15, 0.2) is 0 Å². The lowest BCUT2D eigenvalue weighted by atomic mass is 10.1. The fraction of sp³-hybridized carbons (Fsp3) is 0.350. The van der Waals surface area contributed by atoms with Gasteiger partial charge in [0.2, 0.25) is 0 Å². The third-order valence-electron chi connectivity index (χ3n) is 4.66. The number of cyclic esters (lactones) is 1. The van der Waals surface area contributed by atoms with Crippen molar-refractivity contribution < 1.29 is 9.53 Å². The molecule has 2 aromatic rings. The zero-order valence-corrected chi connectivity index (χ0v) is 14.2. The van der Waals surface area contributed by atoms with Crippen LogP contribution in [0.4, 0.5) is 4.79 Å². The number of nitrogens with zero attached hydrogens (tertiary/aromatic N) is 1. The molecule has 0 radical (unpaired) electrons. The van der Waals surface area contributed by atoms with Crippen LogP contribution in [0.15, 0.2) is 60.7 Å². The van der Waals surface area contributed by atoms with Crippen molar-refractivity contribution in [3.63, 3.8) is 0 Å². The van der Waals surface area contributed by atoms with Crippen LogP contribution in [0.5, 0.6) is 0 Å². The normalized spacial score (nSPS) is 19.8. The third-order valence-corrected chi connectivity index (χ3v) is 4.66. The minimum absolute atomic E-state index is 0.0000291. The van der Waals surface area contributed by atoms with E-state index in [4.69, 9.17) is 4.74 Å². The Kier molecular flexibility index (Phi) is 5.16.